The zero-order valence-electron chi connectivity index (χ0n) is 13.1. The fraction of sp³-hybridized carbons (Fsp3) is 0.667. The molecule has 4 aliphatic rings. The monoisotopic (exact) mass is 301 g/mol. The number of aliphatic hydroxyl groups is 1. The van der Waals surface area contributed by atoms with Crippen LogP contribution in [0.15, 0.2) is 6.07 Å². The first-order valence-corrected chi connectivity index (χ1v) is 8.52. The highest BCUT2D eigenvalue weighted by Gasteiger charge is 2.51. The summed E-state index contributed by atoms with van der Waals surface area (Å²) in [5.74, 6) is 1.96. The summed E-state index contributed by atoms with van der Waals surface area (Å²) in [6.45, 7) is 1.47. The Bertz CT molecular complexity index is 634. The Balaban J connectivity index is 1.72. The summed E-state index contributed by atoms with van der Waals surface area (Å²) in [7, 11) is 2.25. The van der Waals surface area contributed by atoms with Crippen LogP contribution < -0.4 is 9.47 Å². The number of hydrogen-bond donors (Lipinski definition) is 1. The number of likely N-dealkylation sites (N-methyl/N-ethyl adjacent to an activating group) is 1. The van der Waals surface area contributed by atoms with Crippen LogP contribution in [0, 0.1) is 0 Å². The summed E-state index contributed by atoms with van der Waals surface area (Å²) in [4.78, 5) is 2.51. The molecule has 5 rings (SSSR count). The van der Waals surface area contributed by atoms with Crippen LogP contribution in [0.25, 0.3) is 0 Å². The lowest BCUT2D eigenvalue weighted by molar-refractivity contribution is 0.0848. The Hall–Kier alpha value is -1.26. The maximum absolute atomic E-state index is 9.97. The van der Waals surface area contributed by atoms with Gasteiger partial charge in [0.15, 0.2) is 11.5 Å². The molecule has 4 nitrogen and oxygen atoms in total. The van der Waals surface area contributed by atoms with E-state index in [1.54, 1.807) is 0 Å². The van der Waals surface area contributed by atoms with Gasteiger partial charge in [0.05, 0.1) is 6.10 Å². The van der Waals surface area contributed by atoms with Gasteiger partial charge in [-0.3, -0.25) is 4.90 Å². The van der Waals surface area contributed by atoms with Gasteiger partial charge in [-0.15, -0.1) is 0 Å². The van der Waals surface area contributed by atoms with Gasteiger partial charge in [-0.05, 0) is 62.8 Å². The quantitative estimate of drug-likeness (QED) is 0.799. The second-order valence-corrected chi connectivity index (χ2v) is 7.52. The van der Waals surface area contributed by atoms with E-state index in [2.05, 4.69) is 18.0 Å². The molecule has 1 saturated carbocycles. The molecule has 4 heteroatoms. The Morgan fingerprint density at radius 2 is 2.09 bits per heavy atom. The SMILES string of the molecule is CN1CCc2cc3c(c4c2[C@H]1CC41CCC(O)CC1)OCO3. The topological polar surface area (TPSA) is 41.9 Å². The van der Waals surface area contributed by atoms with Crippen LogP contribution in [0.1, 0.15) is 54.8 Å². The third kappa shape index (κ3) is 1.60. The first-order chi connectivity index (χ1) is 10.7. The fourth-order valence-corrected chi connectivity index (χ4v) is 5.24. The molecule has 22 heavy (non-hydrogen) atoms. The highest BCUT2D eigenvalue weighted by Crippen LogP contribution is 2.61. The zero-order chi connectivity index (χ0) is 14.9. The molecule has 0 aromatic heterocycles. The predicted molar refractivity (Wildman–Crippen MR) is 82.4 cm³/mol. The van der Waals surface area contributed by atoms with Gasteiger partial charge < -0.3 is 14.6 Å². The van der Waals surface area contributed by atoms with E-state index in [1.807, 2.05) is 0 Å². The number of aliphatic hydroxyl groups excluding tert-OH is 1. The number of rotatable bonds is 0. The summed E-state index contributed by atoms with van der Waals surface area (Å²) < 4.78 is 11.6. The van der Waals surface area contributed by atoms with E-state index in [-0.39, 0.29) is 11.5 Å². The maximum Gasteiger partial charge on any atom is 0.231 e. The molecule has 2 heterocycles. The first-order valence-electron chi connectivity index (χ1n) is 8.52. The molecule has 0 bridgehead atoms. The highest BCUT2D eigenvalue weighted by atomic mass is 16.7. The van der Waals surface area contributed by atoms with Crippen molar-refractivity contribution in [1.82, 2.24) is 4.90 Å². The average Bonchev–Trinajstić information content (AvgIpc) is 3.10. The summed E-state index contributed by atoms with van der Waals surface area (Å²) in [5.41, 5.74) is 4.60. The Labute approximate surface area is 131 Å². The summed E-state index contributed by atoms with van der Waals surface area (Å²) in [6.07, 6.45) is 6.13. The van der Waals surface area contributed by atoms with Gasteiger partial charge in [0.25, 0.3) is 0 Å². The minimum absolute atomic E-state index is 0.121. The molecule has 0 radical (unpaired) electrons. The molecule has 1 N–H and O–H groups in total. The van der Waals surface area contributed by atoms with E-state index < -0.39 is 0 Å². The smallest absolute Gasteiger partial charge is 0.231 e. The van der Waals surface area contributed by atoms with Gasteiger partial charge in [0.2, 0.25) is 6.79 Å². The van der Waals surface area contributed by atoms with Crippen LogP contribution in [-0.2, 0) is 11.8 Å². The molecular formula is C18H23NO3. The third-order valence-corrected chi connectivity index (χ3v) is 6.41. The number of fused-ring (bicyclic) bond motifs is 3. The van der Waals surface area contributed by atoms with Gasteiger partial charge in [-0.1, -0.05) is 0 Å². The van der Waals surface area contributed by atoms with Crippen molar-refractivity contribution in [3.8, 4) is 11.5 Å². The van der Waals surface area contributed by atoms with Crippen molar-refractivity contribution >= 4 is 0 Å². The van der Waals surface area contributed by atoms with Crippen LogP contribution in [0.2, 0.25) is 0 Å². The Kier molecular flexibility index (Phi) is 2.63. The molecule has 1 aromatic rings. The second-order valence-electron chi connectivity index (χ2n) is 7.52. The van der Waals surface area contributed by atoms with Gasteiger partial charge in [-0.25, -0.2) is 0 Å². The summed E-state index contributed by atoms with van der Waals surface area (Å²) in [6, 6.07) is 2.74. The number of benzene rings is 1. The summed E-state index contributed by atoms with van der Waals surface area (Å²) in [5, 5.41) is 9.97. The number of nitrogens with zero attached hydrogens (tertiary/aromatic N) is 1. The van der Waals surface area contributed by atoms with E-state index >= 15 is 0 Å². The standard InChI is InChI=1S/C18H23NO3/c1-19-7-4-11-8-14-17(22-10-21-14)16-15(11)13(19)9-18(16)5-2-12(20)3-6-18/h8,12-13,20H,2-7,9-10H2,1H3/t12?,13-,18?/m1/s1. The van der Waals surface area contributed by atoms with Crippen LogP contribution >= 0.6 is 0 Å². The lowest BCUT2D eigenvalue weighted by Crippen LogP contribution is -2.34. The molecule has 0 unspecified atom stereocenters. The van der Waals surface area contributed by atoms with E-state index in [0.717, 1.165) is 50.1 Å². The van der Waals surface area contributed by atoms with E-state index in [9.17, 15) is 5.11 Å². The number of hydrogen-bond acceptors (Lipinski definition) is 4. The molecule has 0 amide bonds. The Morgan fingerprint density at radius 1 is 1.27 bits per heavy atom. The molecule has 1 atom stereocenters. The normalized spacial score (nSPS) is 35.9. The van der Waals surface area contributed by atoms with Crippen molar-refractivity contribution < 1.29 is 14.6 Å². The first kappa shape index (κ1) is 13.2. The van der Waals surface area contributed by atoms with Crippen molar-refractivity contribution in [2.45, 2.75) is 56.1 Å². The van der Waals surface area contributed by atoms with E-state index in [1.165, 1.54) is 23.1 Å². The lowest BCUT2D eigenvalue weighted by atomic mass is 9.69. The third-order valence-electron chi connectivity index (χ3n) is 6.41. The second kappa shape index (κ2) is 4.39. The minimum atomic E-state index is -0.121. The predicted octanol–water partition coefficient (Wildman–Crippen LogP) is 2.52. The molecule has 118 valence electrons. The van der Waals surface area contributed by atoms with Crippen molar-refractivity contribution in [3.63, 3.8) is 0 Å². The highest BCUT2D eigenvalue weighted by molar-refractivity contribution is 5.63. The molecule has 1 fully saturated rings. The molecule has 0 saturated heterocycles. The van der Waals surface area contributed by atoms with Crippen LogP contribution in [0.4, 0.5) is 0 Å². The minimum Gasteiger partial charge on any atom is -0.454 e. The van der Waals surface area contributed by atoms with Crippen LogP contribution in [-0.4, -0.2) is 36.5 Å². The Morgan fingerprint density at radius 3 is 2.91 bits per heavy atom. The average molecular weight is 301 g/mol. The zero-order valence-corrected chi connectivity index (χ0v) is 13.1. The van der Waals surface area contributed by atoms with Crippen LogP contribution in [0.5, 0.6) is 11.5 Å². The van der Waals surface area contributed by atoms with E-state index in [0.29, 0.717) is 12.8 Å². The molecule has 2 aliphatic heterocycles. The van der Waals surface area contributed by atoms with Gasteiger partial charge in [0.1, 0.15) is 0 Å². The largest absolute Gasteiger partial charge is 0.454 e. The van der Waals surface area contributed by atoms with Crippen molar-refractivity contribution in [2.24, 2.45) is 0 Å². The maximum atomic E-state index is 9.97. The lowest BCUT2D eigenvalue weighted by Gasteiger charge is -2.37. The molecular weight excluding hydrogens is 278 g/mol. The van der Waals surface area contributed by atoms with Crippen molar-refractivity contribution in [1.29, 1.82) is 0 Å². The van der Waals surface area contributed by atoms with Crippen LogP contribution in [0.3, 0.4) is 0 Å². The van der Waals surface area contributed by atoms with Gasteiger partial charge in [0, 0.05) is 23.6 Å². The molecule has 2 aliphatic carbocycles. The molecule has 1 aromatic carbocycles. The van der Waals surface area contributed by atoms with Crippen molar-refractivity contribution in [3.05, 3.63) is 22.8 Å². The van der Waals surface area contributed by atoms with Crippen molar-refractivity contribution in [2.75, 3.05) is 20.4 Å². The summed E-state index contributed by atoms with van der Waals surface area (Å²) >= 11 is 0. The fourth-order valence-electron chi connectivity index (χ4n) is 5.24. The van der Waals surface area contributed by atoms with Gasteiger partial charge >= 0.3 is 0 Å². The van der Waals surface area contributed by atoms with Gasteiger partial charge in [-0.2, -0.15) is 0 Å². The molecule has 1 spiro atoms. The number of ether oxygens (including phenoxy) is 2. The van der Waals surface area contributed by atoms with E-state index in [4.69, 9.17) is 9.47 Å².